The average Bonchev–Trinajstić information content (AvgIpc) is 3.07. The quantitative estimate of drug-likeness (QED) is 0.831. The highest BCUT2D eigenvalue weighted by atomic mass is 79.9. The first-order valence-electron chi connectivity index (χ1n) is 7.24. The highest BCUT2D eigenvalue weighted by molar-refractivity contribution is 9.10. The molecular weight excluding hydrogens is 318 g/mol. The van der Waals surface area contributed by atoms with Crippen LogP contribution in [0.2, 0.25) is 0 Å². The van der Waals surface area contributed by atoms with Crippen LogP contribution in [0, 0.1) is 0 Å². The van der Waals surface area contributed by atoms with E-state index in [2.05, 4.69) is 59.2 Å². The first kappa shape index (κ1) is 15.3. The molecule has 0 radical (unpaired) electrons. The Balaban J connectivity index is 2.38. The summed E-state index contributed by atoms with van der Waals surface area (Å²) in [6.07, 6.45) is 3.84. The van der Waals surface area contributed by atoms with Crippen LogP contribution in [0.1, 0.15) is 50.4 Å². The van der Waals surface area contributed by atoms with Crippen LogP contribution < -0.4 is 5.32 Å². The number of rotatable bonds is 7. The van der Waals surface area contributed by atoms with Gasteiger partial charge in [0.25, 0.3) is 0 Å². The zero-order valence-electron chi connectivity index (χ0n) is 12.3. The van der Waals surface area contributed by atoms with Crippen LogP contribution in [0.3, 0.4) is 0 Å². The Labute approximate surface area is 128 Å². The van der Waals surface area contributed by atoms with Gasteiger partial charge >= 0.3 is 0 Å². The molecule has 5 heteroatoms. The Hall–Kier alpha value is -1.07. The highest BCUT2D eigenvalue weighted by Crippen LogP contribution is 2.30. The molecular formula is C15H22BrN3O. The van der Waals surface area contributed by atoms with Crippen LogP contribution in [-0.2, 0) is 13.0 Å². The van der Waals surface area contributed by atoms with Crippen LogP contribution in [0.25, 0.3) is 0 Å². The van der Waals surface area contributed by atoms with Gasteiger partial charge in [0, 0.05) is 13.0 Å². The summed E-state index contributed by atoms with van der Waals surface area (Å²) in [6, 6.07) is 4.15. The molecule has 4 nitrogen and oxygen atoms in total. The standard InChI is InChI=1S/C15H22BrN3O/c1-4-9-17-14(13-8-7-11(5-2)20-13)15-12(16)10-18-19(15)6-3/h7-8,10,14,17H,4-6,9H2,1-3H3. The number of aromatic nitrogens is 2. The number of nitrogens with zero attached hydrogens (tertiary/aromatic N) is 2. The molecule has 0 fully saturated rings. The number of aryl methyl sites for hydroxylation is 2. The monoisotopic (exact) mass is 339 g/mol. The lowest BCUT2D eigenvalue weighted by atomic mass is 10.1. The van der Waals surface area contributed by atoms with E-state index in [-0.39, 0.29) is 6.04 Å². The van der Waals surface area contributed by atoms with Gasteiger partial charge in [-0.1, -0.05) is 13.8 Å². The van der Waals surface area contributed by atoms with Gasteiger partial charge in [-0.05, 0) is 48.0 Å². The zero-order chi connectivity index (χ0) is 14.5. The van der Waals surface area contributed by atoms with Crippen molar-refractivity contribution < 1.29 is 4.42 Å². The summed E-state index contributed by atoms with van der Waals surface area (Å²) in [5.74, 6) is 1.97. The third-order valence-corrected chi connectivity index (χ3v) is 3.93. The summed E-state index contributed by atoms with van der Waals surface area (Å²) < 4.78 is 8.97. The van der Waals surface area contributed by atoms with E-state index in [1.807, 2.05) is 10.9 Å². The summed E-state index contributed by atoms with van der Waals surface area (Å²) >= 11 is 3.61. The summed E-state index contributed by atoms with van der Waals surface area (Å²) in [4.78, 5) is 0. The lowest BCUT2D eigenvalue weighted by Gasteiger charge is -2.18. The Kier molecular flexibility index (Phi) is 5.43. The Bertz CT molecular complexity index is 547. The molecule has 2 aromatic heterocycles. The fourth-order valence-electron chi connectivity index (χ4n) is 2.27. The average molecular weight is 340 g/mol. The summed E-state index contributed by atoms with van der Waals surface area (Å²) in [5.41, 5.74) is 1.12. The second-order valence-electron chi connectivity index (χ2n) is 4.74. The maximum atomic E-state index is 5.95. The van der Waals surface area contributed by atoms with Crippen molar-refractivity contribution in [2.24, 2.45) is 0 Å². The summed E-state index contributed by atoms with van der Waals surface area (Å²) in [6.45, 7) is 8.14. The van der Waals surface area contributed by atoms with Crippen LogP contribution >= 0.6 is 15.9 Å². The van der Waals surface area contributed by atoms with E-state index in [1.165, 1.54) is 0 Å². The van der Waals surface area contributed by atoms with Crippen LogP contribution in [0.15, 0.2) is 27.2 Å². The molecule has 110 valence electrons. The molecule has 0 aliphatic carbocycles. The van der Waals surface area contributed by atoms with Crippen molar-refractivity contribution in [3.05, 3.63) is 40.0 Å². The molecule has 0 aliphatic rings. The van der Waals surface area contributed by atoms with Gasteiger partial charge in [0.05, 0.1) is 16.4 Å². The Morgan fingerprint density at radius 1 is 1.35 bits per heavy atom. The van der Waals surface area contributed by atoms with Gasteiger partial charge in [-0.15, -0.1) is 0 Å². The number of nitrogens with one attached hydrogen (secondary N) is 1. The molecule has 0 aliphatic heterocycles. The summed E-state index contributed by atoms with van der Waals surface area (Å²) in [7, 11) is 0. The lowest BCUT2D eigenvalue weighted by Crippen LogP contribution is -2.25. The van der Waals surface area contributed by atoms with E-state index in [1.54, 1.807) is 0 Å². The van der Waals surface area contributed by atoms with Crippen molar-refractivity contribution in [1.82, 2.24) is 15.1 Å². The minimum atomic E-state index is 0.0343. The van der Waals surface area contributed by atoms with Crippen molar-refractivity contribution in [3.63, 3.8) is 0 Å². The minimum Gasteiger partial charge on any atom is -0.464 e. The molecule has 0 saturated heterocycles. The molecule has 1 atom stereocenters. The maximum Gasteiger partial charge on any atom is 0.127 e. The van der Waals surface area contributed by atoms with E-state index in [9.17, 15) is 0 Å². The predicted octanol–water partition coefficient (Wildman–Crippen LogP) is 3.91. The SMILES string of the molecule is CCCNC(c1ccc(CC)o1)c1c(Br)cnn1CC. The van der Waals surface area contributed by atoms with Crippen molar-refractivity contribution in [1.29, 1.82) is 0 Å². The molecule has 0 aromatic carbocycles. The van der Waals surface area contributed by atoms with Gasteiger partial charge in [0.1, 0.15) is 17.6 Å². The van der Waals surface area contributed by atoms with Gasteiger partial charge in [0.15, 0.2) is 0 Å². The Morgan fingerprint density at radius 3 is 2.75 bits per heavy atom. The molecule has 1 N–H and O–H groups in total. The minimum absolute atomic E-state index is 0.0343. The molecule has 1 unspecified atom stereocenters. The number of halogens is 1. The van der Waals surface area contributed by atoms with E-state index in [0.717, 1.165) is 47.6 Å². The number of hydrogen-bond acceptors (Lipinski definition) is 3. The first-order valence-corrected chi connectivity index (χ1v) is 8.03. The van der Waals surface area contributed by atoms with Gasteiger partial charge in [-0.3, -0.25) is 4.68 Å². The molecule has 0 saturated carbocycles. The molecule has 2 heterocycles. The summed E-state index contributed by atoms with van der Waals surface area (Å²) in [5, 5.41) is 7.96. The topological polar surface area (TPSA) is 43.0 Å². The van der Waals surface area contributed by atoms with Gasteiger partial charge in [-0.2, -0.15) is 5.10 Å². The molecule has 2 rings (SSSR count). The highest BCUT2D eigenvalue weighted by Gasteiger charge is 2.23. The molecule has 0 bridgehead atoms. The number of hydrogen-bond donors (Lipinski definition) is 1. The van der Waals surface area contributed by atoms with Crippen molar-refractivity contribution in [3.8, 4) is 0 Å². The fraction of sp³-hybridized carbons (Fsp3) is 0.533. The van der Waals surface area contributed by atoms with E-state index in [0.29, 0.717) is 0 Å². The maximum absolute atomic E-state index is 5.95. The van der Waals surface area contributed by atoms with Crippen molar-refractivity contribution >= 4 is 15.9 Å². The second kappa shape index (κ2) is 7.09. The molecule has 0 amide bonds. The van der Waals surface area contributed by atoms with Crippen LogP contribution in [0.5, 0.6) is 0 Å². The predicted molar refractivity (Wildman–Crippen MR) is 83.8 cm³/mol. The molecule has 20 heavy (non-hydrogen) atoms. The first-order chi connectivity index (χ1) is 9.71. The lowest BCUT2D eigenvalue weighted by molar-refractivity contribution is 0.406. The van der Waals surface area contributed by atoms with Crippen LogP contribution in [0.4, 0.5) is 0 Å². The zero-order valence-corrected chi connectivity index (χ0v) is 13.9. The largest absolute Gasteiger partial charge is 0.464 e. The smallest absolute Gasteiger partial charge is 0.127 e. The van der Waals surface area contributed by atoms with Gasteiger partial charge in [0.2, 0.25) is 0 Å². The third-order valence-electron chi connectivity index (χ3n) is 3.32. The fourth-order valence-corrected chi connectivity index (χ4v) is 2.80. The molecule has 2 aromatic rings. The second-order valence-corrected chi connectivity index (χ2v) is 5.59. The van der Waals surface area contributed by atoms with E-state index in [4.69, 9.17) is 4.42 Å². The normalized spacial score (nSPS) is 12.8. The van der Waals surface area contributed by atoms with Gasteiger partial charge in [-0.25, -0.2) is 0 Å². The van der Waals surface area contributed by atoms with Crippen molar-refractivity contribution in [2.75, 3.05) is 6.54 Å². The van der Waals surface area contributed by atoms with Crippen molar-refractivity contribution in [2.45, 2.75) is 46.2 Å². The van der Waals surface area contributed by atoms with Gasteiger partial charge < -0.3 is 9.73 Å². The number of furan rings is 1. The third kappa shape index (κ3) is 3.15. The Morgan fingerprint density at radius 2 is 2.15 bits per heavy atom. The van der Waals surface area contributed by atoms with Crippen LogP contribution in [-0.4, -0.2) is 16.3 Å². The van der Waals surface area contributed by atoms with E-state index < -0.39 is 0 Å². The van der Waals surface area contributed by atoms with E-state index >= 15 is 0 Å². The molecule has 0 spiro atoms.